The van der Waals surface area contributed by atoms with Crippen molar-refractivity contribution >= 4 is 80.1 Å². The summed E-state index contributed by atoms with van der Waals surface area (Å²) in [6.45, 7) is 0. The Hall–Kier alpha value is -1.63. The van der Waals surface area contributed by atoms with Crippen LogP contribution in [0.1, 0.15) is 15.2 Å². The first-order chi connectivity index (χ1) is 12.9. The molecule has 0 aliphatic carbocycles. The summed E-state index contributed by atoms with van der Waals surface area (Å²) in [7, 11) is 3.12. The van der Waals surface area contributed by atoms with Crippen LogP contribution < -0.4 is 14.9 Å². The lowest BCUT2D eigenvalue weighted by Gasteiger charge is -2.14. The summed E-state index contributed by atoms with van der Waals surface area (Å²) < 4.78 is 11.8. The minimum Gasteiger partial charge on any atom is -0.493 e. The number of thiocarbonyl (C=S) groups is 1. The number of nitrogens with one attached hydrogen (secondary N) is 1. The van der Waals surface area contributed by atoms with E-state index in [4.69, 9.17) is 21.7 Å². The number of carbonyl (C=O) groups is 2. The van der Waals surface area contributed by atoms with Gasteiger partial charge in [0.15, 0.2) is 15.8 Å². The summed E-state index contributed by atoms with van der Waals surface area (Å²) in [5, 5.41) is 2.89. The van der Waals surface area contributed by atoms with Crippen molar-refractivity contribution in [3.8, 4) is 11.5 Å². The largest absolute Gasteiger partial charge is 0.493 e. The third-order valence-electron chi connectivity index (χ3n) is 3.51. The number of nitrogens with zero attached hydrogens (tertiary/aromatic N) is 1. The fraction of sp³-hybridized carbons (Fsp3) is 0.118. The molecule has 0 radical (unpaired) electrons. The molecule has 0 unspecified atom stereocenters. The molecule has 10 heteroatoms. The summed E-state index contributed by atoms with van der Waals surface area (Å²) in [5.41, 5.74) is 3.32. The van der Waals surface area contributed by atoms with E-state index in [1.165, 1.54) is 11.3 Å². The molecule has 140 valence electrons. The molecule has 1 N–H and O–H groups in total. The maximum atomic E-state index is 12.7. The molecule has 1 aromatic carbocycles. The summed E-state index contributed by atoms with van der Waals surface area (Å²) in [6.07, 6.45) is 1.71. The quantitative estimate of drug-likeness (QED) is 0.358. The first-order valence-electron chi connectivity index (χ1n) is 7.48. The van der Waals surface area contributed by atoms with E-state index in [-0.39, 0.29) is 16.1 Å². The van der Waals surface area contributed by atoms with Gasteiger partial charge < -0.3 is 9.47 Å². The van der Waals surface area contributed by atoms with Gasteiger partial charge in [0, 0.05) is 0 Å². The van der Waals surface area contributed by atoms with Crippen LogP contribution in [0.25, 0.3) is 6.08 Å². The monoisotopic (exact) mass is 532 g/mol. The van der Waals surface area contributed by atoms with E-state index in [2.05, 4.69) is 28.0 Å². The van der Waals surface area contributed by atoms with Crippen LogP contribution >= 0.6 is 57.9 Å². The fourth-order valence-electron chi connectivity index (χ4n) is 2.30. The Morgan fingerprint density at radius 1 is 1.33 bits per heavy atom. The van der Waals surface area contributed by atoms with Crippen LogP contribution in [-0.4, -0.2) is 35.4 Å². The van der Waals surface area contributed by atoms with E-state index >= 15 is 0 Å². The molecule has 0 spiro atoms. The van der Waals surface area contributed by atoms with Crippen molar-refractivity contribution in [2.75, 3.05) is 14.2 Å². The van der Waals surface area contributed by atoms with Crippen LogP contribution in [0.2, 0.25) is 0 Å². The van der Waals surface area contributed by atoms with Crippen molar-refractivity contribution in [3.05, 3.63) is 48.6 Å². The Kier molecular flexibility index (Phi) is 6.40. The first kappa shape index (κ1) is 20.1. The molecule has 1 aromatic heterocycles. The SMILES string of the molecule is COc1cc(/C=C2/SC(=S)N(NC(=O)c3cccs3)C2=O)cc(I)c1OC. The summed E-state index contributed by atoms with van der Waals surface area (Å²) in [4.78, 5) is 25.8. The van der Waals surface area contributed by atoms with Crippen molar-refractivity contribution in [1.29, 1.82) is 0 Å². The maximum absolute atomic E-state index is 12.7. The van der Waals surface area contributed by atoms with Crippen molar-refractivity contribution in [2.24, 2.45) is 0 Å². The smallest absolute Gasteiger partial charge is 0.285 e. The summed E-state index contributed by atoms with van der Waals surface area (Å²) in [6, 6.07) is 7.10. The zero-order valence-electron chi connectivity index (χ0n) is 14.1. The molecule has 0 bridgehead atoms. The van der Waals surface area contributed by atoms with Crippen LogP contribution in [0.5, 0.6) is 11.5 Å². The third kappa shape index (κ3) is 4.28. The minimum absolute atomic E-state index is 0.270. The Bertz CT molecular complexity index is 944. The lowest BCUT2D eigenvalue weighted by molar-refractivity contribution is -0.123. The number of hydrogen-bond acceptors (Lipinski definition) is 7. The highest BCUT2D eigenvalue weighted by molar-refractivity contribution is 14.1. The number of halogens is 1. The molecule has 1 fully saturated rings. The van der Waals surface area contributed by atoms with Crippen molar-refractivity contribution in [2.45, 2.75) is 0 Å². The van der Waals surface area contributed by atoms with E-state index in [9.17, 15) is 9.59 Å². The molecule has 2 heterocycles. The number of hydrazine groups is 1. The average molecular weight is 532 g/mol. The molecular weight excluding hydrogens is 519 g/mol. The molecule has 2 aromatic rings. The molecule has 1 saturated heterocycles. The number of rotatable bonds is 5. The normalized spacial score (nSPS) is 15.4. The number of thiophene rings is 1. The van der Waals surface area contributed by atoms with Gasteiger partial charge in [-0.3, -0.25) is 15.0 Å². The standard InChI is InChI=1S/C17H13IN2O4S3/c1-23-11-7-9(6-10(18)14(11)24-2)8-13-16(22)20(17(25)27-13)19-15(21)12-4-3-5-26-12/h3-8H,1-2H3,(H,19,21)/b13-8+. The number of thioether (sulfide) groups is 1. The Morgan fingerprint density at radius 3 is 2.74 bits per heavy atom. The van der Waals surface area contributed by atoms with Gasteiger partial charge in [0.25, 0.3) is 11.8 Å². The van der Waals surface area contributed by atoms with Crippen molar-refractivity contribution in [1.82, 2.24) is 10.4 Å². The molecule has 2 amide bonds. The molecule has 27 heavy (non-hydrogen) atoms. The van der Waals surface area contributed by atoms with Gasteiger partial charge in [0.2, 0.25) is 0 Å². The van der Waals surface area contributed by atoms with E-state index in [0.717, 1.165) is 25.9 Å². The Balaban J connectivity index is 1.84. The van der Waals surface area contributed by atoms with Gasteiger partial charge >= 0.3 is 0 Å². The van der Waals surface area contributed by atoms with Gasteiger partial charge in [0.1, 0.15) is 0 Å². The lowest BCUT2D eigenvalue weighted by atomic mass is 10.2. The molecule has 3 rings (SSSR count). The maximum Gasteiger partial charge on any atom is 0.285 e. The van der Waals surface area contributed by atoms with Gasteiger partial charge in [-0.25, -0.2) is 0 Å². The number of benzene rings is 1. The first-order valence-corrected chi connectivity index (χ1v) is 10.7. The van der Waals surface area contributed by atoms with Crippen LogP contribution in [-0.2, 0) is 4.79 Å². The number of hydrogen-bond donors (Lipinski definition) is 1. The molecule has 1 aliphatic heterocycles. The second-order valence-electron chi connectivity index (χ2n) is 5.17. The highest BCUT2D eigenvalue weighted by atomic mass is 127. The van der Waals surface area contributed by atoms with Crippen molar-refractivity contribution in [3.63, 3.8) is 0 Å². The van der Waals surface area contributed by atoms with E-state index in [1.54, 1.807) is 43.9 Å². The number of methoxy groups -OCH3 is 2. The van der Waals surface area contributed by atoms with Gasteiger partial charge in [-0.1, -0.05) is 17.8 Å². The van der Waals surface area contributed by atoms with E-state index < -0.39 is 0 Å². The predicted octanol–water partition coefficient (Wildman–Crippen LogP) is 3.92. The molecule has 0 atom stereocenters. The Morgan fingerprint density at radius 2 is 2.11 bits per heavy atom. The summed E-state index contributed by atoms with van der Waals surface area (Å²) >= 11 is 9.80. The van der Waals surface area contributed by atoms with Gasteiger partial charge in [0.05, 0.1) is 27.6 Å². The van der Waals surface area contributed by atoms with E-state index in [1.807, 2.05) is 6.07 Å². The van der Waals surface area contributed by atoms with E-state index in [0.29, 0.717) is 21.3 Å². The topological polar surface area (TPSA) is 67.9 Å². The van der Waals surface area contributed by atoms with Crippen molar-refractivity contribution < 1.29 is 19.1 Å². The zero-order chi connectivity index (χ0) is 19.6. The second-order valence-corrected chi connectivity index (χ2v) is 8.96. The molecular formula is C17H13IN2O4S3. The van der Waals surface area contributed by atoms with Crippen LogP contribution in [0.4, 0.5) is 0 Å². The predicted molar refractivity (Wildman–Crippen MR) is 119 cm³/mol. The minimum atomic E-state index is -0.375. The molecule has 0 saturated carbocycles. The average Bonchev–Trinajstić information content (AvgIpc) is 3.26. The van der Waals surface area contributed by atoms with Crippen LogP contribution in [0.15, 0.2) is 34.6 Å². The third-order valence-corrected chi connectivity index (χ3v) is 6.48. The zero-order valence-corrected chi connectivity index (χ0v) is 18.8. The molecule has 6 nitrogen and oxygen atoms in total. The number of carbonyl (C=O) groups excluding carboxylic acids is 2. The van der Waals surface area contributed by atoms with Gasteiger partial charge in [-0.15, -0.1) is 11.3 Å². The number of amides is 2. The highest BCUT2D eigenvalue weighted by Crippen LogP contribution is 2.36. The fourth-order valence-corrected chi connectivity index (χ4v) is 4.94. The number of ether oxygens (including phenoxy) is 2. The Labute approximate surface area is 183 Å². The van der Waals surface area contributed by atoms with Gasteiger partial charge in [-0.05, 0) is 70.0 Å². The second kappa shape index (κ2) is 8.59. The summed E-state index contributed by atoms with van der Waals surface area (Å²) in [5.74, 6) is 0.450. The lowest BCUT2D eigenvalue weighted by Crippen LogP contribution is -2.44. The van der Waals surface area contributed by atoms with Crippen LogP contribution in [0.3, 0.4) is 0 Å². The highest BCUT2D eigenvalue weighted by Gasteiger charge is 2.34. The van der Waals surface area contributed by atoms with Gasteiger partial charge in [-0.2, -0.15) is 5.01 Å². The van der Waals surface area contributed by atoms with Crippen LogP contribution in [0, 0.1) is 3.57 Å². The molecule has 1 aliphatic rings.